The zero-order valence-electron chi connectivity index (χ0n) is 11.4. The van der Waals surface area contributed by atoms with E-state index in [1.165, 1.54) is 28.4 Å². The highest BCUT2D eigenvalue weighted by Crippen LogP contribution is 2.34. The maximum Gasteiger partial charge on any atom is 0.0928 e. The van der Waals surface area contributed by atoms with Gasteiger partial charge < -0.3 is 10.4 Å². The van der Waals surface area contributed by atoms with E-state index in [0.717, 1.165) is 25.7 Å². The minimum Gasteiger partial charge on any atom is -0.396 e. The fraction of sp³-hybridized carbons (Fsp3) is 0.786. The molecule has 0 bridgehead atoms. The number of aliphatic hydroxyl groups excluding tert-OH is 1. The van der Waals surface area contributed by atoms with Crippen LogP contribution in [0.4, 0.5) is 0 Å². The minimum atomic E-state index is 0.272. The monoisotopic (exact) mass is 268 g/mol. The third kappa shape index (κ3) is 3.11. The van der Waals surface area contributed by atoms with Gasteiger partial charge in [-0.1, -0.05) is 13.8 Å². The Morgan fingerprint density at radius 2 is 2.33 bits per heavy atom. The summed E-state index contributed by atoms with van der Waals surface area (Å²) >= 11 is 1.88. The molecule has 3 nitrogen and oxygen atoms in total. The lowest BCUT2D eigenvalue weighted by molar-refractivity contribution is 0.252. The Kier molecular flexibility index (Phi) is 5.15. The highest BCUT2D eigenvalue weighted by atomic mass is 32.1. The molecule has 0 spiro atoms. The Labute approximate surface area is 114 Å². The summed E-state index contributed by atoms with van der Waals surface area (Å²) in [5.74, 6) is 0. The normalized spacial score (nSPS) is 20.7. The number of fused-ring (bicyclic) bond motifs is 1. The van der Waals surface area contributed by atoms with E-state index in [1.807, 2.05) is 11.3 Å². The molecule has 2 atom stereocenters. The van der Waals surface area contributed by atoms with E-state index in [0.29, 0.717) is 12.1 Å². The molecule has 18 heavy (non-hydrogen) atoms. The number of aryl methyl sites for hydroxylation is 2. The lowest BCUT2D eigenvalue weighted by Gasteiger charge is -2.27. The van der Waals surface area contributed by atoms with Crippen LogP contribution in [-0.4, -0.2) is 22.7 Å². The predicted octanol–water partition coefficient (Wildman–Crippen LogP) is 2.83. The van der Waals surface area contributed by atoms with Crippen LogP contribution < -0.4 is 5.32 Å². The van der Waals surface area contributed by atoms with Crippen LogP contribution >= 0.6 is 11.3 Å². The lowest BCUT2D eigenvalue weighted by Crippen LogP contribution is -2.34. The molecule has 0 aromatic carbocycles. The minimum absolute atomic E-state index is 0.272. The molecule has 0 aliphatic heterocycles. The molecule has 0 radical (unpaired) electrons. The Hall–Kier alpha value is -0.450. The van der Waals surface area contributed by atoms with Gasteiger partial charge in [-0.2, -0.15) is 0 Å². The Morgan fingerprint density at radius 1 is 1.50 bits per heavy atom. The molecule has 2 unspecified atom stereocenters. The molecule has 1 heterocycles. The first-order valence-electron chi connectivity index (χ1n) is 7.13. The number of rotatable bonds is 6. The van der Waals surface area contributed by atoms with Crippen LogP contribution in [0.25, 0.3) is 0 Å². The van der Waals surface area contributed by atoms with Gasteiger partial charge in [0.2, 0.25) is 0 Å². The van der Waals surface area contributed by atoms with E-state index >= 15 is 0 Å². The first-order chi connectivity index (χ1) is 8.78. The van der Waals surface area contributed by atoms with Gasteiger partial charge >= 0.3 is 0 Å². The summed E-state index contributed by atoms with van der Waals surface area (Å²) in [7, 11) is 0. The quantitative estimate of drug-likeness (QED) is 0.834. The number of hydrogen-bond donors (Lipinski definition) is 2. The maximum absolute atomic E-state index is 9.08. The van der Waals surface area contributed by atoms with Crippen LogP contribution in [0.5, 0.6) is 0 Å². The molecule has 2 N–H and O–H groups in total. The molecule has 1 aliphatic rings. The van der Waals surface area contributed by atoms with E-state index in [9.17, 15) is 0 Å². The number of aliphatic hydroxyl groups is 1. The van der Waals surface area contributed by atoms with Gasteiger partial charge in [-0.3, -0.25) is 0 Å². The first-order valence-corrected chi connectivity index (χ1v) is 7.95. The van der Waals surface area contributed by atoms with Gasteiger partial charge in [0.25, 0.3) is 0 Å². The molecule has 0 amide bonds. The zero-order chi connectivity index (χ0) is 13.0. The molecule has 1 aliphatic carbocycles. The molecule has 0 saturated heterocycles. The van der Waals surface area contributed by atoms with Crippen molar-refractivity contribution in [2.75, 3.05) is 6.61 Å². The summed E-state index contributed by atoms with van der Waals surface area (Å²) in [6.07, 6.45) is 6.54. The first kappa shape index (κ1) is 14.0. The standard InChI is InChI=1S/C14H24N2OS/c1-3-10(8-9-17)15-11-6-5-7-12-14(11)18-13(4-2)16-12/h10-11,15,17H,3-9H2,1-2H3. The Balaban J connectivity index is 2.08. The van der Waals surface area contributed by atoms with Gasteiger partial charge in [-0.05, 0) is 38.5 Å². The van der Waals surface area contributed by atoms with Crippen LogP contribution in [0.1, 0.15) is 61.2 Å². The fourth-order valence-corrected chi connectivity index (χ4v) is 3.77. The van der Waals surface area contributed by atoms with Crippen molar-refractivity contribution in [1.29, 1.82) is 0 Å². The molecular formula is C14H24N2OS. The topological polar surface area (TPSA) is 45.2 Å². The summed E-state index contributed by atoms with van der Waals surface area (Å²) in [4.78, 5) is 6.18. The number of thiazole rings is 1. The highest BCUT2D eigenvalue weighted by molar-refractivity contribution is 7.11. The van der Waals surface area contributed by atoms with Gasteiger partial charge in [-0.15, -0.1) is 11.3 Å². The van der Waals surface area contributed by atoms with E-state index in [2.05, 4.69) is 19.2 Å². The van der Waals surface area contributed by atoms with Crippen LogP contribution in [0.2, 0.25) is 0 Å². The summed E-state index contributed by atoms with van der Waals surface area (Å²) in [5.41, 5.74) is 1.32. The van der Waals surface area contributed by atoms with E-state index < -0.39 is 0 Å². The van der Waals surface area contributed by atoms with Crippen molar-refractivity contribution in [3.05, 3.63) is 15.6 Å². The molecule has 1 aromatic rings. The molecular weight excluding hydrogens is 244 g/mol. The Morgan fingerprint density at radius 3 is 3.00 bits per heavy atom. The van der Waals surface area contributed by atoms with Gasteiger partial charge in [0, 0.05) is 23.6 Å². The largest absolute Gasteiger partial charge is 0.396 e. The van der Waals surface area contributed by atoms with Crippen LogP contribution in [0.3, 0.4) is 0 Å². The van der Waals surface area contributed by atoms with E-state index in [4.69, 9.17) is 10.1 Å². The zero-order valence-corrected chi connectivity index (χ0v) is 12.2. The molecule has 0 saturated carbocycles. The summed E-state index contributed by atoms with van der Waals surface area (Å²) in [6.45, 7) is 4.63. The number of nitrogens with zero attached hydrogens (tertiary/aromatic N) is 1. The van der Waals surface area contributed by atoms with Gasteiger partial charge in [0.05, 0.1) is 10.7 Å². The second-order valence-corrected chi connectivity index (χ2v) is 6.12. The van der Waals surface area contributed by atoms with Crippen molar-refractivity contribution in [3.8, 4) is 0 Å². The third-order valence-corrected chi connectivity index (χ3v) is 5.06. The third-order valence-electron chi connectivity index (χ3n) is 3.70. The smallest absolute Gasteiger partial charge is 0.0928 e. The van der Waals surface area contributed by atoms with Gasteiger partial charge in [0.15, 0.2) is 0 Å². The van der Waals surface area contributed by atoms with Crippen molar-refractivity contribution in [2.24, 2.45) is 0 Å². The van der Waals surface area contributed by atoms with Crippen LogP contribution in [0, 0.1) is 0 Å². The molecule has 4 heteroatoms. The van der Waals surface area contributed by atoms with Crippen LogP contribution in [-0.2, 0) is 12.8 Å². The van der Waals surface area contributed by atoms with Crippen molar-refractivity contribution >= 4 is 11.3 Å². The van der Waals surface area contributed by atoms with E-state index in [-0.39, 0.29) is 6.61 Å². The Bertz CT molecular complexity index is 378. The number of aromatic nitrogens is 1. The highest BCUT2D eigenvalue weighted by Gasteiger charge is 2.25. The second-order valence-electron chi connectivity index (χ2n) is 5.00. The molecule has 1 aromatic heterocycles. The van der Waals surface area contributed by atoms with Gasteiger partial charge in [-0.25, -0.2) is 4.98 Å². The average Bonchev–Trinajstić information content (AvgIpc) is 2.82. The van der Waals surface area contributed by atoms with Crippen molar-refractivity contribution in [1.82, 2.24) is 10.3 Å². The maximum atomic E-state index is 9.08. The number of nitrogens with one attached hydrogen (secondary N) is 1. The van der Waals surface area contributed by atoms with Crippen LogP contribution in [0.15, 0.2) is 0 Å². The predicted molar refractivity (Wildman–Crippen MR) is 76.1 cm³/mol. The summed E-state index contributed by atoms with van der Waals surface area (Å²) < 4.78 is 0. The molecule has 102 valence electrons. The SMILES string of the molecule is CCc1nc2c(s1)C(NC(CC)CCO)CCC2. The summed E-state index contributed by atoms with van der Waals surface area (Å²) in [5, 5.41) is 14.1. The van der Waals surface area contributed by atoms with Crippen molar-refractivity contribution in [3.63, 3.8) is 0 Å². The van der Waals surface area contributed by atoms with Crippen molar-refractivity contribution < 1.29 is 5.11 Å². The fourth-order valence-electron chi connectivity index (χ4n) is 2.63. The second kappa shape index (κ2) is 6.64. The molecule has 2 rings (SSSR count). The van der Waals surface area contributed by atoms with Crippen molar-refractivity contribution in [2.45, 2.75) is 64.5 Å². The van der Waals surface area contributed by atoms with Gasteiger partial charge in [0.1, 0.15) is 0 Å². The summed E-state index contributed by atoms with van der Waals surface area (Å²) in [6, 6.07) is 0.890. The number of hydrogen-bond acceptors (Lipinski definition) is 4. The van der Waals surface area contributed by atoms with E-state index in [1.54, 1.807) is 0 Å². The average molecular weight is 268 g/mol. The molecule has 0 fully saturated rings. The lowest BCUT2D eigenvalue weighted by atomic mass is 9.96.